The summed E-state index contributed by atoms with van der Waals surface area (Å²) in [6, 6.07) is 9.08. The third kappa shape index (κ3) is 4.27. The van der Waals surface area contributed by atoms with Gasteiger partial charge in [0.1, 0.15) is 0 Å². The Balaban J connectivity index is 1.60. The molecule has 0 spiro atoms. The molecular weight excluding hydrogens is 336 g/mol. The summed E-state index contributed by atoms with van der Waals surface area (Å²) >= 11 is 1.52. The number of carbonyl (C=O) groups is 2. The van der Waals surface area contributed by atoms with Crippen molar-refractivity contribution in [2.24, 2.45) is 5.92 Å². The lowest BCUT2D eigenvalue weighted by molar-refractivity contribution is 0.0848. The molecule has 1 atom stereocenters. The third-order valence-electron chi connectivity index (χ3n) is 4.34. The largest absolute Gasteiger partial charge is 0.380 e. The van der Waals surface area contributed by atoms with Gasteiger partial charge in [0.05, 0.1) is 11.5 Å². The molecule has 0 saturated heterocycles. The molecule has 0 radical (unpaired) electrons. The summed E-state index contributed by atoms with van der Waals surface area (Å²) in [7, 11) is 1.61. The van der Waals surface area contributed by atoms with Crippen LogP contribution in [0, 0.1) is 5.92 Å². The average Bonchev–Trinajstić information content (AvgIpc) is 3.03. The molecule has 5 nitrogen and oxygen atoms in total. The van der Waals surface area contributed by atoms with Gasteiger partial charge in [-0.15, -0.1) is 11.3 Å². The lowest BCUT2D eigenvalue weighted by atomic mass is 9.90. The number of methoxy groups -OCH3 is 1. The quantitative estimate of drug-likeness (QED) is 0.826. The number of hydrogen-bond acceptors (Lipinski definition) is 4. The molecule has 1 aliphatic rings. The van der Waals surface area contributed by atoms with E-state index in [-0.39, 0.29) is 11.8 Å². The molecule has 0 aliphatic heterocycles. The first kappa shape index (κ1) is 17.6. The third-order valence-corrected chi connectivity index (χ3v) is 5.58. The van der Waals surface area contributed by atoms with Gasteiger partial charge in [0.2, 0.25) is 0 Å². The predicted molar refractivity (Wildman–Crippen MR) is 97.6 cm³/mol. The summed E-state index contributed by atoms with van der Waals surface area (Å²) in [4.78, 5) is 26.5. The van der Waals surface area contributed by atoms with Crippen molar-refractivity contribution < 1.29 is 14.3 Å². The highest BCUT2D eigenvalue weighted by molar-refractivity contribution is 7.14. The Labute approximate surface area is 151 Å². The summed E-state index contributed by atoms with van der Waals surface area (Å²) in [5, 5.41) is 0. The topological polar surface area (TPSA) is 67.4 Å². The van der Waals surface area contributed by atoms with Crippen molar-refractivity contribution in [3.8, 4) is 0 Å². The number of nitrogens with one attached hydrogen (secondary N) is 2. The number of hydrazine groups is 1. The van der Waals surface area contributed by atoms with Crippen molar-refractivity contribution in [3.05, 3.63) is 56.8 Å². The van der Waals surface area contributed by atoms with Crippen LogP contribution in [0.1, 0.15) is 49.4 Å². The maximum atomic E-state index is 12.3. The molecule has 1 aromatic heterocycles. The number of benzene rings is 1. The number of thiophene rings is 1. The number of carbonyl (C=O) groups excluding carboxylic acids is 2. The van der Waals surface area contributed by atoms with E-state index < -0.39 is 0 Å². The highest BCUT2D eigenvalue weighted by Crippen LogP contribution is 2.32. The fourth-order valence-corrected chi connectivity index (χ4v) is 4.14. The van der Waals surface area contributed by atoms with Crippen LogP contribution in [-0.4, -0.2) is 18.9 Å². The standard InChI is InChI=1S/C19H22N2O3S/c1-12-6-7-16-15(8-12)10-17(25-16)19(23)21-20-18(22)14-5-3-4-13(9-14)11-24-2/h3-5,9-10,12H,6-8,11H2,1-2H3,(H,20,22)(H,21,23)/t12-/m0/s1. The number of fused-ring (bicyclic) bond motifs is 1. The van der Waals surface area contributed by atoms with Gasteiger partial charge < -0.3 is 4.74 Å². The zero-order valence-corrected chi connectivity index (χ0v) is 15.2. The molecule has 1 aliphatic carbocycles. The van der Waals surface area contributed by atoms with Crippen LogP contribution in [0.3, 0.4) is 0 Å². The van der Waals surface area contributed by atoms with Gasteiger partial charge in [-0.1, -0.05) is 19.1 Å². The molecule has 2 aromatic rings. The molecule has 3 rings (SSSR count). The van der Waals surface area contributed by atoms with Crippen molar-refractivity contribution >= 4 is 23.2 Å². The molecule has 0 fully saturated rings. The highest BCUT2D eigenvalue weighted by Gasteiger charge is 2.21. The first-order valence-corrected chi connectivity index (χ1v) is 9.18. The van der Waals surface area contributed by atoms with Gasteiger partial charge in [-0.3, -0.25) is 20.4 Å². The van der Waals surface area contributed by atoms with Crippen LogP contribution in [0.25, 0.3) is 0 Å². The maximum Gasteiger partial charge on any atom is 0.279 e. The highest BCUT2D eigenvalue weighted by atomic mass is 32.1. The van der Waals surface area contributed by atoms with Crippen LogP contribution in [0.15, 0.2) is 30.3 Å². The van der Waals surface area contributed by atoms with E-state index >= 15 is 0 Å². The van der Waals surface area contributed by atoms with E-state index in [0.717, 1.165) is 18.4 Å². The molecule has 0 unspecified atom stereocenters. The second kappa shape index (κ2) is 7.80. The second-order valence-electron chi connectivity index (χ2n) is 6.45. The van der Waals surface area contributed by atoms with Gasteiger partial charge in [0.25, 0.3) is 11.8 Å². The van der Waals surface area contributed by atoms with E-state index in [4.69, 9.17) is 4.74 Å². The van der Waals surface area contributed by atoms with Crippen LogP contribution < -0.4 is 10.9 Å². The summed E-state index contributed by atoms with van der Waals surface area (Å²) in [6.07, 6.45) is 3.23. The van der Waals surface area contributed by atoms with Gasteiger partial charge in [-0.2, -0.15) is 0 Å². The summed E-state index contributed by atoms with van der Waals surface area (Å²) in [5.74, 6) is 0.0479. The zero-order chi connectivity index (χ0) is 17.8. The number of amides is 2. The van der Waals surface area contributed by atoms with Crippen LogP contribution >= 0.6 is 11.3 Å². The molecule has 0 saturated carbocycles. The Hall–Kier alpha value is -2.18. The fourth-order valence-electron chi connectivity index (χ4n) is 3.03. The van der Waals surface area contributed by atoms with Crippen molar-refractivity contribution in [2.45, 2.75) is 32.8 Å². The molecule has 0 bridgehead atoms. The predicted octanol–water partition coefficient (Wildman–Crippen LogP) is 3.09. The maximum absolute atomic E-state index is 12.3. The Morgan fingerprint density at radius 1 is 1.24 bits per heavy atom. The van der Waals surface area contributed by atoms with Crippen LogP contribution in [0.2, 0.25) is 0 Å². The Morgan fingerprint density at radius 2 is 2.04 bits per heavy atom. The Bertz CT molecular complexity index is 785. The van der Waals surface area contributed by atoms with Gasteiger partial charge >= 0.3 is 0 Å². The van der Waals surface area contributed by atoms with Crippen molar-refractivity contribution in [2.75, 3.05) is 7.11 Å². The van der Waals surface area contributed by atoms with E-state index in [2.05, 4.69) is 17.8 Å². The molecule has 25 heavy (non-hydrogen) atoms. The Kier molecular flexibility index (Phi) is 5.50. The van der Waals surface area contributed by atoms with Crippen LogP contribution in [0.5, 0.6) is 0 Å². The molecule has 2 amide bonds. The van der Waals surface area contributed by atoms with Gasteiger partial charge in [0.15, 0.2) is 0 Å². The number of hydrogen-bond donors (Lipinski definition) is 2. The molecule has 6 heteroatoms. The monoisotopic (exact) mass is 358 g/mol. The lowest BCUT2D eigenvalue weighted by Gasteiger charge is -2.16. The minimum absolute atomic E-state index is 0.270. The number of rotatable bonds is 4. The van der Waals surface area contributed by atoms with E-state index in [9.17, 15) is 9.59 Å². The fraction of sp³-hybridized carbons (Fsp3) is 0.368. The Morgan fingerprint density at radius 3 is 2.84 bits per heavy atom. The number of ether oxygens (including phenoxy) is 1. The van der Waals surface area contributed by atoms with Gasteiger partial charge in [0, 0.05) is 17.6 Å². The van der Waals surface area contributed by atoms with E-state index in [0.29, 0.717) is 23.0 Å². The first-order valence-electron chi connectivity index (χ1n) is 8.37. The number of aryl methyl sites for hydroxylation is 1. The van der Waals surface area contributed by atoms with Gasteiger partial charge in [-0.05, 0) is 54.5 Å². The smallest absolute Gasteiger partial charge is 0.279 e. The molecule has 1 heterocycles. The van der Waals surface area contributed by atoms with Crippen molar-refractivity contribution in [1.82, 2.24) is 10.9 Å². The summed E-state index contributed by atoms with van der Waals surface area (Å²) < 4.78 is 5.07. The summed E-state index contributed by atoms with van der Waals surface area (Å²) in [5.41, 5.74) is 7.65. The lowest BCUT2D eigenvalue weighted by Crippen LogP contribution is -2.41. The van der Waals surface area contributed by atoms with Crippen molar-refractivity contribution in [3.63, 3.8) is 0 Å². The van der Waals surface area contributed by atoms with E-state index in [1.807, 2.05) is 12.1 Å². The minimum atomic E-state index is -0.346. The van der Waals surface area contributed by atoms with E-state index in [1.54, 1.807) is 25.3 Å². The molecule has 1 aromatic carbocycles. The van der Waals surface area contributed by atoms with Crippen LogP contribution in [0.4, 0.5) is 0 Å². The molecular formula is C19H22N2O3S. The van der Waals surface area contributed by atoms with Gasteiger partial charge in [-0.25, -0.2) is 0 Å². The normalized spacial score (nSPS) is 16.2. The van der Waals surface area contributed by atoms with Crippen LogP contribution in [-0.2, 0) is 24.2 Å². The summed E-state index contributed by atoms with van der Waals surface area (Å²) in [6.45, 7) is 2.67. The molecule has 2 N–H and O–H groups in total. The first-order chi connectivity index (χ1) is 12.1. The minimum Gasteiger partial charge on any atom is -0.380 e. The van der Waals surface area contributed by atoms with Crippen molar-refractivity contribution in [1.29, 1.82) is 0 Å². The average molecular weight is 358 g/mol. The van der Waals surface area contributed by atoms with E-state index in [1.165, 1.54) is 28.2 Å². The second-order valence-corrected chi connectivity index (χ2v) is 7.59. The SMILES string of the molecule is COCc1cccc(C(=O)NNC(=O)c2cc3c(s2)CC[C@H](C)C3)c1. The zero-order valence-electron chi connectivity index (χ0n) is 14.4. The molecule has 132 valence electrons.